The van der Waals surface area contributed by atoms with Crippen molar-refractivity contribution in [3.63, 3.8) is 0 Å². The van der Waals surface area contributed by atoms with E-state index in [1.807, 2.05) is 6.92 Å². The van der Waals surface area contributed by atoms with Gasteiger partial charge in [0.25, 0.3) is 0 Å². The Morgan fingerprint density at radius 3 is 2.00 bits per heavy atom. The fourth-order valence-electron chi connectivity index (χ4n) is 2.19. The van der Waals surface area contributed by atoms with E-state index in [9.17, 15) is 9.90 Å². The monoisotopic (exact) mass is 243 g/mol. The van der Waals surface area contributed by atoms with Gasteiger partial charge in [0, 0.05) is 6.54 Å². The van der Waals surface area contributed by atoms with Crippen LogP contribution in [0.15, 0.2) is 0 Å². The van der Waals surface area contributed by atoms with Gasteiger partial charge in [0.1, 0.15) is 0 Å². The lowest BCUT2D eigenvalue weighted by atomic mass is 9.80. The molecule has 0 aliphatic heterocycles. The van der Waals surface area contributed by atoms with Crippen molar-refractivity contribution in [3.8, 4) is 0 Å². The summed E-state index contributed by atoms with van der Waals surface area (Å²) in [6.07, 6.45) is 9.89. The van der Waals surface area contributed by atoms with Gasteiger partial charge in [0.05, 0.1) is 5.41 Å². The third-order valence-electron chi connectivity index (χ3n) is 3.78. The first-order chi connectivity index (χ1) is 8.13. The quantitative estimate of drug-likeness (QED) is 0.545. The van der Waals surface area contributed by atoms with Gasteiger partial charge in [0.2, 0.25) is 0 Å². The summed E-state index contributed by atoms with van der Waals surface area (Å²) in [5.74, 6) is -0.728. The van der Waals surface area contributed by atoms with Crippen molar-refractivity contribution in [2.75, 3.05) is 6.54 Å². The third kappa shape index (κ3) is 6.06. The molecule has 0 saturated carbocycles. The number of aliphatic carboxylic acids is 1. The number of carboxylic acid groups (broad SMARTS) is 1. The molecule has 0 bridgehead atoms. The molecular formula is C14H29NO2. The minimum Gasteiger partial charge on any atom is -0.481 e. The molecule has 0 amide bonds. The molecular weight excluding hydrogens is 214 g/mol. The van der Waals surface area contributed by atoms with E-state index in [0.717, 1.165) is 19.3 Å². The molecule has 0 aromatic carbocycles. The maximum Gasteiger partial charge on any atom is 0.310 e. The van der Waals surface area contributed by atoms with E-state index >= 15 is 0 Å². The minimum atomic E-state index is -0.728. The van der Waals surface area contributed by atoms with Crippen molar-refractivity contribution >= 4 is 5.97 Å². The van der Waals surface area contributed by atoms with Crippen molar-refractivity contribution in [2.24, 2.45) is 11.1 Å². The van der Waals surface area contributed by atoms with E-state index in [-0.39, 0.29) is 6.54 Å². The standard InChI is InChI=1S/C14H29NO2/c1-3-5-6-7-8-9-10-11-14(4-2,12-15)13(16)17/h3-12,15H2,1-2H3,(H,16,17). The number of hydrogen-bond acceptors (Lipinski definition) is 2. The molecule has 0 spiro atoms. The highest BCUT2D eigenvalue weighted by atomic mass is 16.4. The molecule has 3 N–H and O–H groups in total. The van der Waals surface area contributed by atoms with Gasteiger partial charge in [-0.15, -0.1) is 0 Å². The zero-order valence-electron chi connectivity index (χ0n) is 11.5. The lowest BCUT2D eigenvalue weighted by molar-refractivity contribution is -0.149. The van der Waals surface area contributed by atoms with Crippen molar-refractivity contribution in [1.82, 2.24) is 0 Å². The van der Waals surface area contributed by atoms with Gasteiger partial charge in [-0.1, -0.05) is 58.8 Å². The third-order valence-corrected chi connectivity index (χ3v) is 3.78. The zero-order chi connectivity index (χ0) is 13.1. The van der Waals surface area contributed by atoms with E-state index in [1.54, 1.807) is 0 Å². The average molecular weight is 243 g/mol. The van der Waals surface area contributed by atoms with E-state index in [1.165, 1.54) is 32.1 Å². The summed E-state index contributed by atoms with van der Waals surface area (Å²) in [5.41, 5.74) is 4.94. The Balaban J connectivity index is 3.73. The van der Waals surface area contributed by atoms with Crippen molar-refractivity contribution in [2.45, 2.75) is 71.6 Å². The average Bonchev–Trinajstić information content (AvgIpc) is 2.33. The summed E-state index contributed by atoms with van der Waals surface area (Å²) in [6, 6.07) is 0. The molecule has 1 unspecified atom stereocenters. The Morgan fingerprint density at radius 1 is 1.06 bits per heavy atom. The van der Waals surface area contributed by atoms with Gasteiger partial charge in [-0.05, 0) is 12.8 Å². The van der Waals surface area contributed by atoms with Crippen LogP contribution in [0.25, 0.3) is 0 Å². The van der Waals surface area contributed by atoms with Gasteiger partial charge in [-0.3, -0.25) is 4.79 Å². The molecule has 0 rings (SSSR count). The SMILES string of the molecule is CCCCCCCCCC(CC)(CN)C(=O)O. The topological polar surface area (TPSA) is 63.3 Å². The van der Waals surface area contributed by atoms with Crippen LogP contribution in [0.5, 0.6) is 0 Å². The summed E-state index contributed by atoms with van der Waals surface area (Å²) in [7, 11) is 0. The van der Waals surface area contributed by atoms with Crippen LogP contribution in [0.1, 0.15) is 71.6 Å². The fourth-order valence-corrected chi connectivity index (χ4v) is 2.19. The summed E-state index contributed by atoms with van der Waals surface area (Å²) >= 11 is 0. The highest BCUT2D eigenvalue weighted by Crippen LogP contribution is 2.28. The van der Waals surface area contributed by atoms with Crippen LogP contribution in [0.2, 0.25) is 0 Å². The van der Waals surface area contributed by atoms with Crippen LogP contribution < -0.4 is 5.73 Å². The Kier molecular flexibility index (Phi) is 9.14. The highest BCUT2D eigenvalue weighted by Gasteiger charge is 2.34. The zero-order valence-corrected chi connectivity index (χ0v) is 11.5. The van der Waals surface area contributed by atoms with E-state index in [0.29, 0.717) is 6.42 Å². The van der Waals surface area contributed by atoms with Crippen molar-refractivity contribution in [1.29, 1.82) is 0 Å². The van der Waals surface area contributed by atoms with E-state index in [4.69, 9.17) is 5.73 Å². The van der Waals surface area contributed by atoms with Crippen LogP contribution in [-0.2, 0) is 4.79 Å². The summed E-state index contributed by atoms with van der Waals surface area (Å²) in [4.78, 5) is 11.2. The molecule has 0 aromatic heterocycles. The number of nitrogens with two attached hydrogens (primary N) is 1. The van der Waals surface area contributed by atoms with Gasteiger partial charge in [-0.25, -0.2) is 0 Å². The predicted molar refractivity (Wildman–Crippen MR) is 72.0 cm³/mol. The molecule has 3 heteroatoms. The molecule has 0 aliphatic rings. The first-order valence-corrected chi connectivity index (χ1v) is 7.06. The summed E-state index contributed by atoms with van der Waals surface area (Å²) < 4.78 is 0. The second kappa shape index (κ2) is 9.46. The maximum atomic E-state index is 11.2. The number of carbonyl (C=O) groups is 1. The number of rotatable bonds is 11. The second-order valence-electron chi connectivity index (χ2n) is 5.01. The Bertz CT molecular complexity index is 200. The maximum absolute atomic E-state index is 11.2. The first-order valence-electron chi connectivity index (χ1n) is 7.06. The number of unbranched alkanes of at least 4 members (excludes halogenated alkanes) is 6. The molecule has 0 heterocycles. The van der Waals surface area contributed by atoms with Crippen molar-refractivity contribution in [3.05, 3.63) is 0 Å². The first kappa shape index (κ1) is 16.4. The van der Waals surface area contributed by atoms with Crippen molar-refractivity contribution < 1.29 is 9.90 Å². The van der Waals surface area contributed by atoms with Crippen LogP contribution in [0.3, 0.4) is 0 Å². The molecule has 17 heavy (non-hydrogen) atoms. The van der Waals surface area contributed by atoms with E-state index < -0.39 is 11.4 Å². The Hall–Kier alpha value is -0.570. The minimum absolute atomic E-state index is 0.259. The summed E-state index contributed by atoms with van der Waals surface area (Å²) in [5, 5.41) is 9.22. The van der Waals surface area contributed by atoms with Crippen LogP contribution in [-0.4, -0.2) is 17.6 Å². The normalized spacial score (nSPS) is 14.5. The van der Waals surface area contributed by atoms with Crippen LogP contribution >= 0.6 is 0 Å². The lowest BCUT2D eigenvalue weighted by Gasteiger charge is -2.26. The molecule has 0 radical (unpaired) electrons. The molecule has 0 aromatic rings. The van der Waals surface area contributed by atoms with Crippen LogP contribution in [0.4, 0.5) is 0 Å². The number of hydrogen-bond donors (Lipinski definition) is 2. The molecule has 0 saturated heterocycles. The Labute approximate surface area is 106 Å². The lowest BCUT2D eigenvalue weighted by Crippen LogP contribution is -2.38. The highest BCUT2D eigenvalue weighted by molar-refractivity contribution is 5.74. The second-order valence-corrected chi connectivity index (χ2v) is 5.01. The Morgan fingerprint density at radius 2 is 1.59 bits per heavy atom. The smallest absolute Gasteiger partial charge is 0.310 e. The van der Waals surface area contributed by atoms with Gasteiger partial charge < -0.3 is 10.8 Å². The van der Waals surface area contributed by atoms with Gasteiger partial charge in [-0.2, -0.15) is 0 Å². The molecule has 1 atom stereocenters. The summed E-state index contributed by atoms with van der Waals surface area (Å²) in [6.45, 7) is 4.39. The molecule has 3 nitrogen and oxygen atoms in total. The molecule has 0 fully saturated rings. The fraction of sp³-hybridized carbons (Fsp3) is 0.929. The largest absolute Gasteiger partial charge is 0.481 e. The van der Waals surface area contributed by atoms with E-state index in [2.05, 4.69) is 6.92 Å². The van der Waals surface area contributed by atoms with Crippen LogP contribution in [0, 0.1) is 5.41 Å². The predicted octanol–water partition coefficient (Wildman–Crippen LogP) is 3.57. The van der Waals surface area contributed by atoms with Gasteiger partial charge >= 0.3 is 5.97 Å². The van der Waals surface area contributed by atoms with Gasteiger partial charge in [0.15, 0.2) is 0 Å². The molecule has 102 valence electrons. The number of carboxylic acids is 1. The molecule has 0 aliphatic carbocycles.